The number of aliphatic hydroxyl groups excluding tert-OH is 1. The molecule has 0 spiro atoms. The SMILES string of the molecule is OCCCCc1cc(Cl)cc2c1OC1C[C@H]3O[C@H]3C21. The molecule has 0 bridgehead atoms. The van der Waals surface area contributed by atoms with Crippen LogP contribution in [-0.2, 0) is 11.2 Å². The van der Waals surface area contributed by atoms with Gasteiger partial charge in [0.15, 0.2) is 0 Å². The summed E-state index contributed by atoms with van der Waals surface area (Å²) in [7, 11) is 0. The van der Waals surface area contributed by atoms with Crippen molar-refractivity contribution in [2.75, 3.05) is 6.61 Å². The van der Waals surface area contributed by atoms with Crippen LogP contribution in [0.5, 0.6) is 5.75 Å². The first-order valence-corrected chi connectivity index (χ1v) is 7.41. The van der Waals surface area contributed by atoms with Gasteiger partial charge in [0, 0.05) is 23.6 Å². The largest absolute Gasteiger partial charge is 0.489 e. The van der Waals surface area contributed by atoms with E-state index >= 15 is 0 Å². The number of rotatable bonds is 4. The standard InChI is InChI=1S/C15H17ClO3/c16-9-5-8(3-1-2-4-17)14-10(6-9)13-11(18-14)7-12-15(13)19-12/h5-6,11-13,15,17H,1-4,7H2/t11?,12-,13?,15-/m1/s1. The quantitative estimate of drug-likeness (QED) is 0.681. The Morgan fingerprint density at radius 3 is 3.00 bits per heavy atom. The van der Waals surface area contributed by atoms with Gasteiger partial charge in [0.05, 0.1) is 18.1 Å². The van der Waals surface area contributed by atoms with E-state index < -0.39 is 0 Å². The zero-order valence-corrected chi connectivity index (χ0v) is 11.4. The lowest BCUT2D eigenvalue weighted by Gasteiger charge is -2.11. The predicted molar refractivity (Wildman–Crippen MR) is 71.9 cm³/mol. The lowest BCUT2D eigenvalue weighted by molar-refractivity contribution is 0.156. The molecule has 2 aliphatic heterocycles. The van der Waals surface area contributed by atoms with Crippen molar-refractivity contribution in [3.8, 4) is 5.75 Å². The highest BCUT2D eigenvalue weighted by Gasteiger charge is 2.60. The molecule has 4 heteroatoms. The van der Waals surface area contributed by atoms with Crippen LogP contribution in [0.2, 0.25) is 5.02 Å². The lowest BCUT2D eigenvalue weighted by atomic mass is 9.94. The summed E-state index contributed by atoms with van der Waals surface area (Å²) in [6, 6.07) is 4.05. The number of aliphatic hydroxyl groups is 1. The van der Waals surface area contributed by atoms with Gasteiger partial charge in [0.1, 0.15) is 11.9 Å². The first-order chi connectivity index (χ1) is 9.28. The van der Waals surface area contributed by atoms with Crippen LogP contribution in [0.15, 0.2) is 12.1 Å². The molecule has 4 atom stereocenters. The monoisotopic (exact) mass is 280 g/mol. The van der Waals surface area contributed by atoms with Crippen molar-refractivity contribution in [1.29, 1.82) is 0 Å². The molecule has 102 valence electrons. The van der Waals surface area contributed by atoms with E-state index in [4.69, 9.17) is 26.2 Å². The zero-order chi connectivity index (χ0) is 13.0. The number of hydrogen-bond donors (Lipinski definition) is 1. The van der Waals surface area contributed by atoms with Crippen molar-refractivity contribution >= 4 is 11.6 Å². The number of fused-ring (bicyclic) bond motifs is 5. The van der Waals surface area contributed by atoms with Gasteiger partial charge in [-0.3, -0.25) is 0 Å². The van der Waals surface area contributed by atoms with Crippen LogP contribution in [0.4, 0.5) is 0 Å². The van der Waals surface area contributed by atoms with Crippen molar-refractivity contribution in [3.05, 3.63) is 28.3 Å². The van der Waals surface area contributed by atoms with Gasteiger partial charge < -0.3 is 14.6 Å². The molecule has 0 amide bonds. The van der Waals surface area contributed by atoms with Crippen LogP contribution in [-0.4, -0.2) is 30.0 Å². The van der Waals surface area contributed by atoms with Crippen LogP contribution in [0.25, 0.3) is 0 Å². The van der Waals surface area contributed by atoms with Gasteiger partial charge in [0.2, 0.25) is 0 Å². The lowest BCUT2D eigenvalue weighted by Crippen LogP contribution is -2.17. The van der Waals surface area contributed by atoms with E-state index in [1.54, 1.807) is 0 Å². The summed E-state index contributed by atoms with van der Waals surface area (Å²) in [5.41, 5.74) is 2.42. The third-order valence-electron chi connectivity index (χ3n) is 4.48. The summed E-state index contributed by atoms with van der Waals surface area (Å²) in [4.78, 5) is 0. The van der Waals surface area contributed by atoms with E-state index in [2.05, 4.69) is 0 Å². The summed E-state index contributed by atoms with van der Waals surface area (Å²) >= 11 is 6.25. The second-order valence-corrected chi connectivity index (χ2v) is 6.16. The molecule has 2 heterocycles. The number of aryl methyl sites for hydroxylation is 1. The number of hydrogen-bond acceptors (Lipinski definition) is 3. The molecule has 1 aromatic carbocycles. The van der Waals surface area contributed by atoms with E-state index in [9.17, 15) is 0 Å². The molecule has 2 fully saturated rings. The number of halogens is 1. The van der Waals surface area contributed by atoms with Gasteiger partial charge in [-0.25, -0.2) is 0 Å². The first-order valence-electron chi connectivity index (χ1n) is 7.03. The summed E-state index contributed by atoms with van der Waals surface area (Å²) in [6.07, 6.45) is 4.77. The van der Waals surface area contributed by atoms with E-state index in [-0.39, 0.29) is 12.7 Å². The molecule has 0 aromatic heterocycles. The Morgan fingerprint density at radius 1 is 1.26 bits per heavy atom. The molecule has 1 saturated heterocycles. The van der Waals surface area contributed by atoms with Crippen molar-refractivity contribution in [1.82, 2.24) is 0 Å². The Balaban J connectivity index is 1.65. The zero-order valence-electron chi connectivity index (χ0n) is 10.6. The fourth-order valence-electron chi connectivity index (χ4n) is 3.58. The molecule has 3 aliphatic rings. The number of unbranched alkanes of at least 4 members (excludes halogenated alkanes) is 1. The van der Waals surface area contributed by atoms with Gasteiger partial charge in [0.25, 0.3) is 0 Å². The van der Waals surface area contributed by atoms with Crippen LogP contribution in [0.1, 0.15) is 36.3 Å². The molecule has 1 N–H and O–H groups in total. The number of ether oxygens (including phenoxy) is 2. The van der Waals surface area contributed by atoms with Crippen LogP contribution in [0.3, 0.4) is 0 Å². The molecular weight excluding hydrogens is 264 g/mol. The molecule has 2 unspecified atom stereocenters. The van der Waals surface area contributed by atoms with Gasteiger partial charge >= 0.3 is 0 Å². The second kappa shape index (κ2) is 4.37. The third-order valence-corrected chi connectivity index (χ3v) is 4.70. The molecule has 1 aliphatic carbocycles. The Morgan fingerprint density at radius 2 is 2.16 bits per heavy atom. The first kappa shape index (κ1) is 12.0. The molecular formula is C15H17ClO3. The van der Waals surface area contributed by atoms with Crippen molar-refractivity contribution in [2.24, 2.45) is 0 Å². The maximum absolute atomic E-state index is 8.89. The van der Waals surface area contributed by atoms with Gasteiger partial charge in [-0.05, 0) is 37.0 Å². The highest BCUT2D eigenvalue weighted by molar-refractivity contribution is 6.30. The average molecular weight is 281 g/mol. The maximum atomic E-state index is 8.89. The molecule has 3 nitrogen and oxygen atoms in total. The maximum Gasteiger partial charge on any atom is 0.126 e. The molecule has 1 aromatic rings. The minimum atomic E-state index is 0.243. The number of benzene rings is 1. The Labute approximate surface area is 117 Å². The highest BCUT2D eigenvalue weighted by Crippen LogP contribution is 2.56. The Bertz CT molecular complexity index is 516. The van der Waals surface area contributed by atoms with Gasteiger partial charge in [-0.2, -0.15) is 0 Å². The van der Waals surface area contributed by atoms with Crippen LogP contribution >= 0.6 is 11.6 Å². The normalized spacial score (nSPS) is 33.6. The summed E-state index contributed by atoms with van der Waals surface area (Å²) in [6.45, 7) is 0.243. The van der Waals surface area contributed by atoms with Gasteiger partial charge in [-0.1, -0.05) is 11.6 Å². The fraction of sp³-hybridized carbons (Fsp3) is 0.600. The minimum absolute atomic E-state index is 0.243. The second-order valence-electron chi connectivity index (χ2n) is 5.72. The van der Waals surface area contributed by atoms with E-state index in [1.165, 1.54) is 11.1 Å². The fourth-order valence-corrected chi connectivity index (χ4v) is 3.83. The smallest absolute Gasteiger partial charge is 0.126 e. The summed E-state index contributed by atoms with van der Waals surface area (Å²) in [5.74, 6) is 1.42. The van der Waals surface area contributed by atoms with Crippen molar-refractivity contribution < 1.29 is 14.6 Å². The summed E-state index contributed by atoms with van der Waals surface area (Å²) in [5, 5.41) is 9.67. The average Bonchev–Trinajstić information content (AvgIpc) is 2.90. The Kier molecular flexibility index (Phi) is 2.76. The van der Waals surface area contributed by atoms with Crippen molar-refractivity contribution in [2.45, 2.75) is 49.9 Å². The molecule has 1 saturated carbocycles. The molecule has 0 radical (unpaired) electrons. The molecule has 4 rings (SSSR count). The van der Waals surface area contributed by atoms with E-state index in [0.717, 1.165) is 36.5 Å². The van der Waals surface area contributed by atoms with E-state index in [1.807, 2.05) is 12.1 Å². The highest BCUT2D eigenvalue weighted by atomic mass is 35.5. The van der Waals surface area contributed by atoms with Crippen LogP contribution in [0, 0.1) is 0 Å². The molecule has 19 heavy (non-hydrogen) atoms. The topological polar surface area (TPSA) is 42.0 Å². The Hall–Kier alpha value is -0.770. The minimum Gasteiger partial charge on any atom is -0.489 e. The number of epoxide rings is 1. The van der Waals surface area contributed by atoms with Crippen LogP contribution < -0.4 is 4.74 Å². The summed E-state index contributed by atoms with van der Waals surface area (Å²) < 4.78 is 11.8. The van der Waals surface area contributed by atoms with Gasteiger partial charge in [-0.15, -0.1) is 0 Å². The van der Waals surface area contributed by atoms with Crippen molar-refractivity contribution in [3.63, 3.8) is 0 Å². The van der Waals surface area contributed by atoms with E-state index in [0.29, 0.717) is 18.1 Å². The predicted octanol–water partition coefficient (Wildman–Crippen LogP) is 2.67. The third kappa shape index (κ3) is 1.87.